The maximum absolute atomic E-state index is 13.1. The van der Waals surface area contributed by atoms with E-state index < -0.39 is 23.5 Å². The molecule has 0 fully saturated rings. The molecule has 162 valence electrons. The van der Waals surface area contributed by atoms with Crippen molar-refractivity contribution >= 4 is 0 Å². The first-order valence-corrected chi connectivity index (χ1v) is 9.68. The van der Waals surface area contributed by atoms with Crippen molar-refractivity contribution in [2.75, 3.05) is 0 Å². The number of halogens is 6. The van der Waals surface area contributed by atoms with Crippen LogP contribution in [0, 0.1) is 0 Å². The molecule has 0 atom stereocenters. The molecule has 0 saturated heterocycles. The Morgan fingerprint density at radius 1 is 0.375 bits per heavy atom. The summed E-state index contributed by atoms with van der Waals surface area (Å²) in [4.78, 5) is 0. The van der Waals surface area contributed by atoms with Gasteiger partial charge in [-0.2, -0.15) is 26.3 Å². The monoisotopic (exact) mass is 442 g/mol. The quantitative estimate of drug-likeness (QED) is 0.278. The second kappa shape index (κ2) is 8.19. The van der Waals surface area contributed by atoms with Crippen molar-refractivity contribution in [2.45, 2.75) is 12.4 Å². The first-order valence-electron chi connectivity index (χ1n) is 9.68. The molecule has 0 spiro atoms. The third-order valence-corrected chi connectivity index (χ3v) is 5.17. The Hall–Kier alpha value is -3.54. The lowest BCUT2D eigenvalue weighted by molar-refractivity contribution is -0.138. The van der Waals surface area contributed by atoms with Crippen molar-refractivity contribution < 1.29 is 26.3 Å². The highest BCUT2D eigenvalue weighted by atomic mass is 19.4. The molecular weight excluding hydrogens is 426 g/mol. The SMILES string of the molecule is FC(F)(F)c1ccc(-c2cccc(-c3ccccc3)c2-c2ccc(C(F)(F)F)cc2)cc1. The van der Waals surface area contributed by atoms with E-state index >= 15 is 0 Å². The van der Waals surface area contributed by atoms with Crippen molar-refractivity contribution in [1.82, 2.24) is 0 Å². The molecule has 0 heterocycles. The highest BCUT2D eigenvalue weighted by Crippen LogP contribution is 2.41. The van der Waals surface area contributed by atoms with E-state index in [0.717, 1.165) is 35.4 Å². The third-order valence-electron chi connectivity index (χ3n) is 5.17. The van der Waals surface area contributed by atoms with Crippen molar-refractivity contribution in [2.24, 2.45) is 0 Å². The standard InChI is InChI=1S/C26H16F6/c27-25(28,29)20-13-9-18(10-14-20)23-8-4-7-22(17-5-2-1-3-6-17)24(23)19-11-15-21(16-12-19)26(30,31)32/h1-16H. The second-order valence-corrected chi connectivity index (χ2v) is 7.24. The van der Waals surface area contributed by atoms with E-state index in [-0.39, 0.29) is 0 Å². The molecule has 4 aromatic carbocycles. The molecule has 6 heteroatoms. The number of benzene rings is 4. The molecule has 4 aromatic rings. The van der Waals surface area contributed by atoms with Crippen LogP contribution in [0.1, 0.15) is 11.1 Å². The lowest BCUT2D eigenvalue weighted by atomic mass is 9.87. The molecule has 0 nitrogen and oxygen atoms in total. The van der Waals surface area contributed by atoms with E-state index in [9.17, 15) is 26.3 Å². The number of hydrogen-bond donors (Lipinski definition) is 0. The summed E-state index contributed by atoms with van der Waals surface area (Å²) in [6.07, 6.45) is -8.92. The second-order valence-electron chi connectivity index (χ2n) is 7.24. The van der Waals surface area contributed by atoms with Crippen LogP contribution >= 0.6 is 0 Å². The lowest BCUT2D eigenvalue weighted by Gasteiger charge is -2.17. The topological polar surface area (TPSA) is 0 Å². The van der Waals surface area contributed by atoms with Gasteiger partial charge in [0.1, 0.15) is 0 Å². The van der Waals surface area contributed by atoms with Gasteiger partial charge in [-0.05, 0) is 57.6 Å². The smallest absolute Gasteiger partial charge is 0.166 e. The summed E-state index contributed by atoms with van der Waals surface area (Å²) in [5.41, 5.74) is 2.41. The molecule has 0 aliphatic heterocycles. The first kappa shape index (κ1) is 21.7. The van der Waals surface area contributed by atoms with Crippen LogP contribution in [-0.4, -0.2) is 0 Å². The zero-order chi connectivity index (χ0) is 22.9. The number of rotatable bonds is 3. The van der Waals surface area contributed by atoms with E-state index in [4.69, 9.17) is 0 Å². The Morgan fingerprint density at radius 3 is 1.22 bits per heavy atom. The van der Waals surface area contributed by atoms with E-state index in [1.165, 1.54) is 24.3 Å². The molecule has 0 aliphatic carbocycles. The number of alkyl halides is 6. The van der Waals surface area contributed by atoms with Crippen molar-refractivity contribution in [1.29, 1.82) is 0 Å². The predicted molar refractivity (Wildman–Crippen MR) is 113 cm³/mol. The first-order chi connectivity index (χ1) is 15.1. The number of hydrogen-bond acceptors (Lipinski definition) is 0. The van der Waals surface area contributed by atoms with Gasteiger partial charge in [-0.25, -0.2) is 0 Å². The van der Waals surface area contributed by atoms with E-state index in [1.54, 1.807) is 12.1 Å². The van der Waals surface area contributed by atoms with E-state index in [2.05, 4.69) is 0 Å². The van der Waals surface area contributed by atoms with Gasteiger partial charge < -0.3 is 0 Å². The predicted octanol–water partition coefficient (Wildman–Crippen LogP) is 8.73. The van der Waals surface area contributed by atoms with Crippen LogP contribution in [0.5, 0.6) is 0 Å². The van der Waals surface area contributed by atoms with Crippen LogP contribution < -0.4 is 0 Å². The van der Waals surface area contributed by atoms with Gasteiger partial charge in [-0.15, -0.1) is 0 Å². The van der Waals surface area contributed by atoms with Crippen LogP contribution in [-0.2, 0) is 12.4 Å². The van der Waals surface area contributed by atoms with Crippen LogP contribution in [0.15, 0.2) is 97.1 Å². The zero-order valence-electron chi connectivity index (χ0n) is 16.5. The molecule has 0 bridgehead atoms. The largest absolute Gasteiger partial charge is 0.416 e. The average Bonchev–Trinajstić information content (AvgIpc) is 2.78. The molecule has 0 saturated carbocycles. The van der Waals surface area contributed by atoms with Gasteiger partial charge in [0, 0.05) is 0 Å². The highest BCUT2D eigenvalue weighted by Gasteiger charge is 2.31. The van der Waals surface area contributed by atoms with Crippen LogP contribution in [0.3, 0.4) is 0 Å². The fraction of sp³-hybridized carbons (Fsp3) is 0.0769. The molecule has 0 aliphatic rings. The Morgan fingerprint density at radius 2 is 0.781 bits per heavy atom. The maximum atomic E-state index is 13.1. The fourth-order valence-corrected chi connectivity index (χ4v) is 3.63. The average molecular weight is 442 g/mol. The molecule has 4 rings (SSSR count). The van der Waals surface area contributed by atoms with Gasteiger partial charge in [0.25, 0.3) is 0 Å². The normalized spacial score (nSPS) is 12.1. The summed E-state index contributed by atoms with van der Waals surface area (Å²) in [5, 5.41) is 0. The molecule has 0 unspecified atom stereocenters. The third kappa shape index (κ3) is 4.40. The van der Waals surface area contributed by atoms with Crippen molar-refractivity contribution in [3.05, 3.63) is 108 Å². The van der Waals surface area contributed by atoms with E-state index in [0.29, 0.717) is 22.3 Å². The Kier molecular flexibility index (Phi) is 5.55. The maximum Gasteiger partial charge on any atom is 0.416 e. The molecule has 0 radical (unpaired) electrons. The summed E-state index contributed by atoms with van der Waals surface area (Å²) >= 11 is 0. The van der Waals surface area contributed by atoms with Gasteiger partial charge in [-0.1, -0.05) is 72.8 Å². The summed E-state index contributed by atoms with van der Waals surface area (Å²) in [6, 6.07) is 24.2. The van der Waals surface area contributed by atoms with Gasteiger partial charge in [-0.3, -0.25) is 0 Å². The summed E-state index contributed by atoms with van der Waals surface area (Å²) in [6.45, 7) is 0. The molecule has 0 aromatic heterocycles. The van der Waals surface area contributed by atoms with Gasteiger partial charge >= 0.3 is 12.4 Å². The van der Waals surface area contributed by atoms with Crippen LogP contribution in [0.4, 0.5) is 26.3 Å². The summed E-state index contributed by atoms with van der Waals surface area (Å²) in [7, 11) is 0. The molecule has 0 amide bonds. The zero-order valence-corrected chi connectivity index (χ0v) is 16.5. The van der Waals surface area contributed by atoms with Gasteiger partial charge in [0.05, 0.1) is 11.1 Å². The van der Waals surface area contributed by atoms with Gasteiger partial charge in [0.2, 0.25) is 0 Å². The molecule has 32 heavy (non-hydrogen) atoms. The fourth-order valence-electron chi connectivity index (χ4n) is 3.63. The summed E-state index contributed by atoms with van der Waals surface area (Å²) < 4.78 is 78.1. The molecule has 0 N–H and O–H groups in total. The van der Waals surface area contributed by atoms with Crippen LogP contribution in [0.25, 0.3) is 33.4 Å². The Labute approximate surface area is 180 Å². The Balaban J connectivity index is 1.91. The summed E-state index contributed by atoms with van der Waals surface area (Å²) in [5.74, 6) is 0. The van der Waals surface area contributed by atoms with Crippen molar-refractivity contribution in [3.8, 4) is 33.4 Å². The van der Waals surface area contributed by atoms with Gasteiger partial charge in [0.15, 0.2) is 0 Å². The molecular formula is C26H16F6. The lowest BCUT2D eigenvalue weighted by Crippen LogP contribution is -2.04. The highest BCUT2D eigenvalue weighted by molar-refractivity contribution is 5.94. The minimum Gasteiger partial charge on any atom is -0.166 e. The van der Waals surface area contributed by atoms with Crippen LogP contribution in [0.2, 0.25) is 0 Å². The minimum absolute atomic E-state index is 0.533. The van der Waals surface area contributed by atoms with E-state index in [1.807, 2.05) is 36.4 Å². The minimum atomic E-state index is -4.46. The van der Waals surface area contributed by atoms with Crippen molar-refractivity contribution in [3.63, 3.8) is 0 Å². The Bertz CT molecular complexity index is 1200.